The van der Waals surface area contributed by atoms with Crippen molar-refractivity contribution in [3.63, 3.8) is 0 Å². The molecule has 5 nitrogen and oxygen atoms in total. The van der Waals surface area contributed by atoms with Crippen LogP contribution in [0.15, 0.2) is 46.9 Å². The van der Waals surface area contributed by atoms with E-state index < -0.39 is 0 Å². The van der Waals surface area contributed by atoms with Crippen LogP contribution in [0.2, 0.25) is 0 Å². The quantitative estimate of drug-likeness (QED) is 0.696. The van der Waals surface area contributed by atoms with Gasteiger partial charge in [-0.3, -0.25) is 9.69 Å². The predicted octanol–water partition coefficient (Wildman–Crippen LogP) is 4.39. The van der Waals surface area contributed by atoms with Crippen molar-refractivity contribution in [2.75, 3.05) is 14.2 Å². The van der Waals surface area contributed by atoms with Crippen molar-refractivity contribution in [2.45, 2.75) is 50.4 Å². The summed E-state index contributed by atoms with van der Waals surface area (Å²) in [7, 11) is 3.14. The number of halogens is 1. The summed E-state index contributed by atoms with van der Waals surface area (Å²) in [6.45, 7) is 0.990. The number of nitrogens with one attached hydrogen (secondary N) is 1. The highest BCUT2D eigenvalue weighted by molar-refractivity contribution is 9.10. The maximum Gasteiger partial charge on any atom is 0.259 e. The van der Waals surface area contributed by atoms with Crippen molar-refractivity contribution in [3.05, 3.63) is 58.1 Å². The van der Waals surface area contributed by atoms with E-state index in [1.165, 1.54) is 18.4 Å². The number of methoxy groups -OCH3 is 2. The van der Waals surface area contributed by atoms with Crippen molar-refractivity contribution < 1.29 is 14.3 Å². The van der Waals surface area contributed by atoms with Crippen LogP contribution in [-0.2, 0) is 6.54 Å². The zero-order chi connectivity index (χ0) is 20.4. The van der Waals surface area contributed by atoms with Gasteiger partial charge in [0.15, 0.2) is 0 Å². The van der Waals surface area contributed by atoms with E-state index in [2.05, 4.69) is 56.5 Å². The fourth-order valence-electron chi connectivity index (χ4n) is 4.83. The molecule has 2 aliphatic rings. The molecule has 2 saturated heterocycles. The second kappa shape index (κ2) is 8.76. The summed E-state index contributed by atoms with van der Waals surface area (Å²) in [5.41, 5.74) is 1.80. The summed E-state index contributed by atoms with van der Waals surface area (Å²) in [6.07, 6.45) is 4.36. The molecule has 29 heavy (non-hydrogen) atoms. The normalized spacial score (nSPS) is 23.6. The van der Waals surface area contributed by atoms with Gasteiger partial charge in [0.05, 0.1) is 18.7 Å². The van der Waals surface area contributed by atoms with Crippen molar-refractivity contribution in [1.82, 2.24) is 10.2 Å². The average molecular weight is 459 g/mol. The zero-order valence-corrected chi connectivity index (χ0v) is 18.4. The van der Waals surface area contributed by atoms with Crippen LogP contribution in [0.4, 0.5) is 0 Å². The van der Waals surface area contributed by atoms with E-state index in [4.69, 9.17) is 9.47 Å². The second-order valence-electron chi connectivity index (χ2n) is 7.84. The molecule has 1 N–H and O–H groups in total. The molecule has 1 amide bonds. The first-order chi connectivity index (χ1) is 14.1. The van der Waals surface area contributed by atoms with E-state index in [1.807, 2.05) is 6.07 Å². The van der Waals surface area contributed by atoms with Gasteiger partial charge in [0.2, 0.25) is 0 Å². The van der Waals surface area contributed by atoms with E-state index in [9.17, 15) is 4.79 Å². The molecule has 0 spiro atoms. The molecule has 2 unspecified atom stereocenters. The summed E-state index contributed by atoms with van der Waals surface area (Å²) in [4.78, 5) is 15.7. The maximum atomic E-state index is 13.1. The molecule has 0 aromatic heterocycles. The van der Waals surface area contributed by atoms with E-state index in [1.54, 1.807) is 20.3 Å². The maximum absolute atomic E-state index is 13.1. The van der Waals surface area contributed by atoms with E-state index >= 15 is 0 Å². The number of ether oxygens (including phenoxy) is 2. The Morgan fingerprint density at radius 1 is 1.07 bits per heavy atom. The highest BCUT2D eigenvalue weighted by Gasteiger charge is 2.41. The molecule has 2 aromatic carbocycles. The standard InChI is InChI=1S/C23H27BrN2O3/c1-28-20-11-10-19(24)22(29-2)21(20)23(27)25-16-12-17-8-9-18(13-16)26(17)14-15-6-4-3-5-7-15/h3-7,10-11,16-18H,8-9,12-14H2,1-2H3,(H,25,27). The first kappa shape index (κ1) is 20.2. The van der Waals surface area contributed by atoms with E-state index in [0.29, 0.717) is 29.1 Å². The van der Waals surface area contributed by atoms with Gasteiger partial charge in [-0.25, -0.2) is 0 Å². The third-order valence-electron chi connectivity index (χ3n) is 6.15. The number of fused-ring (bicyclic) bond motifs is 2. The van der Waals surface area contributed by atoms with Gasteiger partial charge in [-0.1, -0.05) is 30.3 Å². The summed E-state index contributed by atoms with van der Waals surface area (Å²) < 4.78 is 11.6. The summed E-state index contributed by atoms with van der Waals surface area (Å²) in [6, 6.07) is 15.5. The minimum Gasteiger partial charge on any atom is -0.496 e. The number of benzene rings is 2. The fourth-order valence-corrected chi connectivity index (χ4v) is 5.32. The predicted molar refractivity (Wildman–Crippen MR) is 117 cm³/mol. The molecule has 2 bridgehead atoms. The molecule has 2 fully saturated rings. The van der Waals surface area contributed by atoms with E-state index in [0.717, 1.165) is 23.9 Å². The molecule has 2 heterocycles. The Morgan fingerprint density at radius 3 is 2.38 bits per heavy atom. The number of carbonyl (C=O) groups is 1. The van der Waals surface area contributed by atoms with Gasteiger partial charge in [0.25, 0.3) is 5.91 Å². The van der Waals surface area contributed by atoms with Crippen molar-refractivity contribution >= 4 is 21.8 Å². The average Bonchev–Trinajstić information content (AvgIpc) is 2.96. The molecule has 0 saturated carbocycles. The summed E-state index contributed by atoms with van der Waals surface area (Å²) in [5, 5.41) is 3.25. The Hall–Kier alpha value is -2.05. The zero-order valence-electron chi connectivity index (χ0n) is 16.9. The van der Waals surface area contributed by atoms with Crippen LogP contribution in [0.1, 0.15) is 41.6 Å². The van der Waals surface area contributed by atoms with Gasteiger partial charge in [-0.15, -0.1) is 0 Å². The number of amides is 1. The molecule has 0 aliphatic carbocycles. The lowest BCUT2D eigenvalue weighted by Crippen LogP contribution is -2.50. The third-order valence-corrected chi connectivity index (χ3v) is 6.77. The van der Waals surface area contributed by atoms with E-state index in [-0.39, 0.29) is 11.9 Å². The van der Waals surface area contributed by atoms with Crippen molar-refractivity contribution in [3.8, 4) is 11.5 Å². The lowest BCUT2D eigenvalue weighted by atomic mass is 9.96. The smallest absolute Gasteiger partial charge is 0.259 e. The molecule has 2 atom stereocenters. The highest BCUT2D eigenvalue weighted by Crippen LogP contribution is 2.38. The SMILES string of the molecule is COc1ccc(Br)c(OC)c1C(=O)NC1CC2CCC(C1)N2Cc1ccccc1. The number of carbonyl (C=O) groups excluding carboxylic acids is 1. The molecule has 6 heteroatoms. The topological polar surface area (TPSA) is 50.8 Å². The first-order valence-electron chi connectivity index (χ1n) is 10.1. The van der Waals surface area contributed by atoms with Gasteiger partial charge in [-0.05, 0) is 59.3 Å². The summed E-state index contributed by atoms with van der Waals surface area (Å²) >= 11 is 3.47. The Bertz CT molecular complexity index is 860. The van der Waals surface area contributed by atoms with Crippen LogP contribution in [0.3, 0.4) is 0 Å². The Morgan fingerprint density at radius 2 is 1.76 bits per heavy atom. The molecule has 2 aliphatic heterocycles. The monoisotopic (exact) mass is 458 g/mol. The van der Waals surface area contributed by atoms with Crippen LogP contribution in [0, 0.1) is 0 Å². The van der Waals surface area contributed by atoms with Crippen LogP contribution in [-0.4, -0.2) is 43.2 Å². The number of hydrogen-bond acceptors (Lipinski definition) is 4. The van der Waals surface area contributed by atoms with Gasteiger partial charge in [0, 0.05) is 24.7 Å². The molecular formula is C23H27BrN2O3. The minimum absolute atomic E-state index is 0.138. The summed E-state index contributed by atoms with van der Waals surface area (Å²) in [5.74, 6) is 0.888. The first-order valence-corrected chi connectivity index (χ1v) is 10.9. The Labute approximate surface area is 180 Å². The minimum atomic E-state index is -0.138. The number of piperidine rings is 1. The number of nitrogens with zero attached hydrogens (tertiary/aromatic N) is 1. The largest absolute Gasteiger partial charge is 0.496 e. The molecule has 4 rings (SSSR count). The second-order valence-corrected chi connectivity index (χ2v) is 8.70. The van der Waals surface area contributed by atoms with Gasteiger partial charge in [-0.2, -0.15) is 0 Å². The van der Waals surface area contributed by atoms with Crippen LogP contribution < -0.4 is 14.8 Å². The number of rotatable bonds is 6. The van der Waals surface area contributed by atoms with Gasteiger partial charge < -0.3 is 14.8 Å². The molecule has 154 valence electrons. The Balaban J connectivity index is 1.46. The van der Waals surface area contributed by atoms with Gasteiger partial charge >= 0.3 is 0 Å². The Kier molecular flexibility index (Phi) is 6.11. The molecular weight excluding hydrogens is 432 g/mol. The van der Waals surface area contributed by atoms with Crippen LogP contribution >= 0.6 is 15.9 Å². The van der Waals surface area contributed by atoms with Crippen molar-refractivity contribution in [2.24, 2.45) is 0 Å². The lowest BCUT2D eigenvalue weighted by Gasteiger charge is -2.39. The highest BCUT2D eigenvalue weighted by atomic mass is 79.9. The lowest BCUT2D eigenvalue weighted by molar-refractivity contribution is 0.0822. The van der Waals surface area contributed by atoms with Gasteiger partial charge in [0.1, 0.15) is 17.1 Å². The molecule has 0 radical (unpaired) electrons. The van der Waals surface area contributed by atoms with Crippen LogP contribution in [0.5, 0.6) is 11.5 Å². The van der Waals surface area contributed by atoms with Crippen LogP contribution in [0.25, 0.3) is 0 Å². The molecule has 2 aromatic rings. The fraction of sp³-hybridized carbons (Fsp3) is 0.435. The number of hydrogen-bond donors (Lipinski definition) is 1. The third kappa shape index (κ3) is 4.14. The van der Waals surface area contributed by atoms with Crippen molar-refractivity contribution in [1.29, 1.82) is 0 Å².